The van der Waals surface area contributed by atoms with Gasteiger partial charge in [0.2, 0.25) is 29.4 Å². The van der Waals surface area contributed by atoms with Crippen molar-refractivity contribution >= 4 is 63.9 Å². The van der Waals surface area contributed by atoms with E-state index in [-0.39, 0.29) is 97.4 Å². The molecule has 0 saturated heterocycles. The molecule has 7 N–H and O–H groups in total. The molecule has 1 aliphatic rings. The Labute approximate surface area is 414 Å². The van der Waals surface area contributed by atoms with Gasteiger partial charge in [0, 0.05) is 107 Å². The van der Waals surface area contributed by atoms with E-state index in [1.54, 1.807) is 61.6 Å². The predicted octanol–water partition coefficient (Wildman–Crippen LogP) is 4.70. The van der Waals surface area contributed by atoms with Gasteiger partial charge in [-0.2, -0.15) is 0 Å². The van der Waals surface area contributed by atoms with Gasteiger partial charge in [0.25, 0.3) is 0 Å². The summed E-state index contributed by atoms with van der Waals surface area (Å²) in [6.45, 7) is 15.5. The molecule has 69 heavy (non-hydrogen) atoms. The third kappa shape index (κ3) is 19.0. The number of nitrogens with two attached hydrogens (primary N) is 1. The molecule has 2 heterocycles. The fraction of sp³-hybridized carbons (Fsp3) is 0.680. The van der Waals surface area contributed by atoms with Crippen LogP contribution in [0, 0.1) is 28.6 Å². The number of hydrogen-bond donors (Lipinski definition) is 6. The summed E-state index contributed by atoms with van der Waals surface area (Å²) in [6, 6.07) is 0. The standard InChI is InChI=1S/C50H76N6O12S.3H2/c1-30(20-35-27-52-29-55-35)47(66)56-50(8,9)42(62)26-49(6,7)41(61)25-48(4,5)40(60)23-34(46(51)65)12-10-11-15-53-44(64)28-68-19-18-67-17-16-54-43(63)22-33-13-14-36-38(21-33)69-39(45(36)32(3)58)24-37(59)31(2)57;;;/h27,29-30,32-34,58H,10-26,28H2,1-9H3,(H2,51,65)(H,52,55)(H,53,64)(H,54,63)(H,56,66);3*1H/t30-,32?,33?,34+;;;/m0.../s1. The normalized spacial score (nSPS) is 15.3. The monoisotopic (exact) mass is 991 g/mol. The first-order chi connectivity index (χ1) is 32.2. The van der Waals surface area contributed by atoms with Gasteiger partial charge in [-0.25, -0.2) is 4.98 Å². The highest BCUT2D eigenvalue weighted by atomic mass is 32.1. The third-order valence-corrected chi connectivity index (χ3v) is 14.0. The van der Waals surface area contributed by atoms with Crippen molar-refractivity contribution in [2.75, 3.05) is 39.5 Å². The zero-order valence-corrected chi connectivity index (χ0v) is 42.9. The van der Waals surface area contributed by atoms with Crippen molar-refractivity contribution in [1.29, 1.82) is 0 Å². The second-order valence-corrected chi connectivity index (χ2v) is 21.5. The van der Waals surface area contributed by atoms with E-state index in [9.17, 15) is 48.3 Å². The number of nitrogens with zero attached hydrogens (tertiary/aromatic N) is 1. The van der Waals surface area contributed by atoms with Gasteiger partial charge < -0.3 is 41.2 Å². The molecule has 0 bridgehead atoms. The number of unbranched alkanes of at least 4 members (excludes halogenated alkanes) is 1. The number of fused-ring (bicyclic) bond motifs is 1. The van der Waals surface area contributed by atoms with Crippen molar-refractivity contribution in [2.24, 2.45) is 34.3 Å². The first-order valence-corrected chi connectivity index (χ1v) is 24.8. The Bertz CT molecular complexity index is 2140. The zero-order valence-electron chi connectivity index (χ0n) is 42.1. The van der Waals surface area contributed by atoms with Crippen LogP contribution in [0.4, 0.5) is 0 Å². The molecule has 4 amide bonds. The highest BCUT2D eigenvalue weighted by Gasteiger charge is 2.41. The molecule has 0 aromatic carbocycles. The molecule has 0 spiro atoms. The van der Waals surface area contributed by atoms with Crippen LogP contribution in [0.3, 0.4) is 0 Å². The van der Waals surface area contributed by atoms with Gasteiger partial charge in [0.15, 0.2) is 11.6 Å². The minimum atomic E-state index is -1.24. The number of amides is 4. The number of carbonyl (C=O) groups excluding carboxylic acids is 9. The lowest BCUT2D eigenvalue weighted by Crippen LogP contribution is -2.53. The molecule has 4 atom stereocenters. The number of imidazole rings is 1. The van der Waals surface area contributed by atoms with Crippen LogP contribution >= 0.6 is 11.3 Å². The van der Waals surface area contributed by atoms with Crippen LogP contribution in [-0.2, 0) is 78.3 Å². The van der Waals surface area contributed by atoms with E-state index in [0.717, 1.165) is 33.0 Å². The van der Waals surface area contributed by atoms with Crippen LogP contribution < -0.4 is 21.7 Å². The number of ether oxygens (including phenoxy) is 2. The van der Waals surface area contributed by atoms with Crippen molar-refractivity contribution in [1.82, 2.24) is 25.9 Å². The van der Waals surface area contributed by atoms with Crippen LogP contribution in [0.1, 0.15) is 151 Å². The number of ketones is 5. The third-order valence-electron chi connectivity index (χ3n) is 12.8. The molecule has 0 fully saturated rings. The van der Waals surface area contributed by atoms with E-state index in [1.807, 2.05) is 0 Å². The molecule has 0 saturated carbocycles. The van der Waals surface area contributed by atoms with E-state index in [0.29, 0.717) is 58.0 Å². The maximum atomic E-state index is 13.6. The summed E-state index contributed by atoms with van der Waals surface area (Å²) in [7, 11) is 0. The summed E-state index contributed by atoms with van der Waals surface area (Å²) in [6.07, 6.45) is 6.15. The van der Waals surface area contributed by atoms with Crippen LogP contribution in [0.2, 0.25) is 0 Å². The maximum Gasteiger partial charge on any atom is 0.245 e. The summed E-state index contributed by atoms with van der Waals surface area (Å²) in [5.74, 6) is -4.38. The second-order valence-electron chi connectivity index (χ2n) is 20.3. The van der Waals surface area contributed by atoms with Crippen molar-refractivity contribution < 1.29 is 62.0 Å². The lowest BCUT2D eigenvalue weighted by Gasteiger charge is -2.33. The van der Waals surface area contributed by atoms with E-state index < -0.39 is 51.8 Å². The molecule has 2 unspecified atom stereocenters. The molecule has 0 radical (unpaired) electrons. The molecule has 2 aromatic rings. The molecule has 18 nitrogen and oxygen atoms in total. The summed E-state index contributed by atoms with van der Waals surface area (Å²) < 4.78 is 10.9. The number of hydrogen-bond acceptors (Lipinski definition) is 14. The molecule has 19 heteroatoms. The Balaban J connectivity index is 0.0000168. The first kappa shape index (κ1) is 58.3. The average molecular weight is 991 g/mol. The zero-order chi connectivity index (χ0) is 51.7. The van der Waals surface area contributed by atoms with Gasteiger partial charge >= 0.3 is 0 Å². The number of aromatic amines is 1. The minimum Gasteiger partial charge on any atom is -0.389 e. The van der Waals surface area contributed by atoms with Crippen LogP contribution in [-0.4, -0.2) is 113 Å². The summed E-state index contributed by atoms with van der Waals surface area (Å²) in [5.41, 5.74) is 4.73. The molecular weight excluding hydrogens is 909 g/mol. The number of nitrogens with one attached hydrogen (secondary N) is 4. The fourth-order valence-corrected chi connectivity index (χ4v) is 9.76. The number of primary amides is 1. The molecule has 1 aliphatic carbocycles. The number of aliphatic hydroxyl groups is 1. The van der Waals surface area contributed by atoms with E-state index in [4.69, 9.17) is 15.2 Å². The number of H-pyrrole nitrogens is 1. The Morgan fingerprint density at radius 1 is 0.899 bits per heavy atom. The Morgan fingerprint density at radius 2 is 1.55 bits per heavy atom. The predicted molar refractivity (Wildman–Crippen MR) is 265 cm³/mol. The van der Waals surface area contributed by atoms with E-state index in [2.05, 4.69) is 25.9 Å². The van der Waals surface area contributed by atoms with Crippen LogP contribution in [0.5, 0.6) is 0 Å². The van der Waals surface area contributed by atoms with Gasteiger partial charge in [0.1, 0.15) is 18.2 Å². The Hall–Kier alpha value is -4.98. The molecule has 3 rings (SSSR count). The van der Waals surface area contributed by atoms with Crippen molar-refractivity contribution in [2.45, 2.75) is 151 Å². The Kier molecular flexibility index (Phi) is 22.7. The van der Waals surface area contributed by atoms with Crippen molar-refractivity contribution in [3.05, 3.63) is 39.1 Å². The quantitative estimate of drug-likeness (QED) is 0.0418. The topological polar surface area (TPSA) is 283 Å². The van der Waals surface area contributed by atoms with Crippen molar-refractivity contribution in [3.63, 3.8) is 0 Å². The summed E-state index contributed by atoms with van der Waals surface area (Å²) in [4.78, 5) is 123. The fourth-order valence-electron chi connectivity index (χ4n) is 8.20. The SMILES string of the molecule is CC(=O)C(=O)Cc1sc2c(c1C(C)O)CCC(CC(=O)NCCOCCOCC(=O)NCCCC[C@H](CC(=O)C(C)(C)CC(=O)C(C)(C)CC(=O)C(C)(C)NC(=O)[C@@H](C)Cc1cnc[nH]1)C(N)=O)C2.[HH].[HH].[HH]. The lowest BCUT2D eigenvalue weighted by molar-refractivity contribution is -0.140. The number of Topliss-reactive ketones (excluding diaryl/α,β-unsaturated/α-hetero) is 5. The van der Waals surface area contributed by atoms with Gasteiger partial charge in [0.05, 0.1) is 37.8 Å². The van der Waals surface area contributed by atoms with Gasteiger partial charge in [-0.15, -0.1) is 11.3 Å². The number of aliphatic hydroxyl groups excluding tert-OH is 1. The minimum absolute atomic E-state index is 0. The highest BCUT2D eigenvalue weighted by molar-refractivity contribution is 7.12. The number of rotatable bonds is 33. The smallest absolute Gasteiger partial charge is 0.245 e. The number of carbonyl (C=O) groups is 9. The average Bonchev–Trinajstić information content (AvgIpc) is 3.90. The molecule has 0 aliphatic heterocycles. The van der Waals surface area contributed by atoms with Gasteiger partial charge in [-0.05, 0) is 69.9 Å². The lowest BCUT2D eigenvalue weighted by atomic mass is 9.71. The van der Waals surface area contributed by atoms with E-state index in [1.165, 1.54) is 24.6 Å². The van der Waals surface area contributed by atoms with Gasteiger partial charge in [-0.3, -0.25) is 43.2 Å². The second kappa shape index (κ2) is 26.8. The summed E-state index contributed by atoms with van der Waals surface area (Å²) >= 11 is 1.45. The Morgan fingerprint density at radius 3 is 2.19 bits per heavy atom. The number of aromatic nitrogens is 2. The molecule has 2 aromatic heterocycles. The largest absolute Gasteiger partial charge is 0.389 e. The highest BCUT2D eigenvalue weighted by Crippen LogP contribution is 2.41. The van der Waals surface area contributed by atoms with Gasteiger partial charge in [-0.1, -0.05) is 41.0 Å². The first-order valence-electron chi connectivity index (χ1n) is 24.0. The van der Waals surface area contributed by atoms with E-state index >= 15 is 0 Å². The van der Waals surface area contributed by atoms with Crippen LogP contribution in [0.25, 0.3) is 0 Å². The molecular formula is C50H82N6O12S. The maximum absolute atomic E-state index is 13.6. The van der Waals surface area contributed by atoms with Crippen molar-refractivity contribution in [3.8, 4) is 0 Å². The van der Waals surface area contributed by atoms with Crippen LogP contribution in [0.15, 0.2) is 12.5 Å². The molecule has 390 valence electrons. The number of thiophene rings is 1. The summed E-state index contributed by atoms with van der Waals surface area (Å²) in [5, 5.41) is 18.8.